The fourth-order valence-electron chi connectivity index (χ4n) is 2.74. The summed E-state index contributed by atoms with van der Waals surface area (Å²) in [5, 5.41) is 18.8. The second-order valence-electron chi connectivity index (χ2n) is 5.00. The molecule has 7 heteroatoms. The molecule has 0 bridgehead atoms. The molecule has 4 heterocycles. The summed E-state index contributed by atoms with van der Waals surface area (Å²) < 4.78 is 5.55. The summed E-state index contributed by atoms with van der Waals surface area (Å²) in [6.07, 6.45) is 3.39. The first kappa shape index (κ1) is 13.5. The van der Waals surface area contributed by atoms with E-state index in [1.807, 2.05) is 29.6 Å². The lowest BCUT2D eigenvalue weighted by atomic mass is 9.84. The van der Waals surface area contributed by atoms with Crippen LogP contribution in [0, 0.1) is 11.3 Å². The third-order valence-electron chi connectivity index (χ3n) is 3.75. The van der Waals surface area contributed by atoms with Gasteiger partial charge >= 0.3 is 0 Å². The number of rotatable bonds is 2. The van der Waals surface area contributed by atoms with E-state index in [9.17, 15) is 5.26 Å². The zero-order valence-corrected chi connectivity index (χ0v) is 12.7. The van der Waals surface area contributed by atoms with Gasteiger partial charge in [0.05, 0.1) is 22.1 Å². The molecule has 0 spiro atoms. The monoisotopic (exact) mass is 321 g/mol. The summed E-state index contributed by atoms with van der Waals surface area (Å²) in [6, 6.07) is 9.88. The molecule has 112 valence electrons. The zero-order valence-electron chi connectivity index (χ0n) is 11.9. The Hall–Kier alpha value is -3.11. The number of fused-ring (bicyclic) bond motifs is 1. The van der Waals surface area contributed by atoms with Crippen LogP contribution in [0.15, 0.2) is 53.5 Å². The average Bonchev–Trinajstić information content (AvgIpc) is 3.23. The number of nitriles is 1. The zero-order chi connectivity index (χ0) is 15.8. The minimum atomic E-state index is -0.331. The first-order valence-corrected chi connectivity index (χ1v) is 7.77. The second-order valence-corrected chi connectivity index (χ2v) is 5.95. The fraction of sp³-hybridized carbons (Fsp3) is 0.0625. The Morgan fingerprint density at radius 3 is 2.83 bits per heavy atom. The standard InChI is InChI=1S/C16H11N5OS/c17-8-10-12(9-3-5-19-6-4-9)13-14(11-2-1-7-23-11)20-21-16(13)22-15(10)18/h1-7,12H,18H2,(H,20,21)/t12-/m1/s1. The molecule has 1 atom stereocenters. The number of aromatic nitrogens is 3. The second kappa shape index (κ2) is 5.26. The van der Waals surface area contributed by atoms with Gasteiger partial charge in [0.1, 0.15) is 11.6 Å². The minimum Gasteiger partial charge on any atom is -0.420 e. The van der Waals surface area contributed by atoms with Gasteiger partial charge in [-0.05, 0) is 29.1 Å². The number of pyridine rings is 1. The van der Waals surface area contributed by atoms with E-state index in [1.165, 1.54) is 0 Å². The molecule has 0 radical (unpaired) electrons. The Balaban J connectivity index is 1.97. The lowest BCUT2D eigenvalue weighted by molar-refractivity contribution is 0.379. The number of ether oxygens (including phenoxy) is 1. The van der Waals surface area contributed by atoms with Gasteiger partial charge in [0.15, 0.2) is 0 Å². The molecular weight excluding hydrogens is 310 g/mol. The SMILES string of the molecule is N#CC1=C(N)Oc2n[nH]c(-c3cccs3)c2[C@@H]1c1ccncc1. The number of thiophene rings is 1. The van der Waals surface area contributed by atoms with Crippen LogP contribution in [-0.4, -0.2) is 15.2 Å². The number of nitrogens with zero attached hydrogens (tertiary/aromatic N) is 3. The van der Waals surface area contributed by atoms with Crippen LogP contribution in [0.25, 0.3) is 10.6 Å². The maximum atomic E-state index is 9.57. The van der Waals surface area contributed by atoms with E-state index in [-0.39, 0.29) is 11.8 Å². The number of nitrogens with two attached hydrogens (primary N) is 1. The van der Waals surface area contributed by atoms with Crippen molar-refractivity contribution in [2.75, 3.05) is 0 Å². The number of nitrogens with one attached hydrogen (secondary N) is 1. The largest absolute Gasteiger partial charge is 0.420 e. The molecule has 6 nitrogen and oxygen atoms in total. The van der Waals surface area contributed by atoms with Crippen molar-refractivity contribution in [3.05, 3.63) is 64.6 Å². The van der Waals surface area contributed by atoms with E-state index >= 15 is 0 Å². The molecule has 0 fully saturated rings. The number of hydrogen-bond acceptors (Lipinski definition) is 6. The lowest BCUT2D eigenvalue weighted by Crippen LogP contribution is -2.20. The maximum absolute atomic E-state index is 9.57. The molecule has 0 saturated carbocycles. The topological polar surface area (TPSA) is 101 Å². The van der Waals surface area contributed by atoms with Crippen molar-refractivity contribution in [2.45, 2.75) is 5.92 Å². The highest BCUT2D eigenvalue weighted by Gasteiger charge is 2.35. The van der Waals surface area contributed by atoms with Gasteiger partial charge in [-0.15, -0.1) is 16.4 Å². The Morgan fingerprint density at radius 2 is 2.13 bits per heavy atom. The predicted molar refractivity (Wildman–Crippen MR) is 85.4 cm³/mol. The van der Waals surface area contributed by atoms with E-state index < -0.39 is 0 Å². The Bertz CT molecular complexity index is 921. The van der Waals surface area contributed by atoms with Gasteiger partial charge in [-0.1, -0.05) is 6.07 Å². The van der Waals surface area contributed by atoms with Gasteiger partial charge in [-0.2, -0.15) is 5.26 Å². The Kier molecular flexibility index (Phi) is 3.10. The molecule has 23 heavy (non-hydrogen) atoms. The van der Waals surface area contributed by atoms with Gasteiger partial charge in [0, 0.05) is 12.4 Å². The summed E-state index contributed by atoms with van der Waals surface area (Å²) in [7, 11) is 0. The molecular formula is C16H11N5OS. The molecule has 0 amide bonds. The van der Waals surface area contributed by atoms with Gasteiger partial charge in [-0.25, -0.2) is 0 Å². The highest BCUT2D eigenvalue weighted by atomic mass is 32.1. The smallest absolute Gasteiger partial charge is 0.244 e. The molecule has 0 unspecified atom stereocenters. The van der Waals surface area contributed by atoms with Gasteiger partial charge < -0.3 is 10.5 Å². The Labute approximate surface area is 135 Å². The lowest BCUT2D eigenvalue weighted by Gasteiger charge is -2.23. The van der Waals surface area contributed by atoms with Gasteiger partial charge in [-0.3, -0.25) is 10.1 Å². The highest BCUT2D eigenvalue weighted by Crippen LogP contribution is 2.46. The van der Waals surface area contributed by atoms with Crippen LogP contribution in [0.4, 0.5) is 0 Å². The summed E-state index contributed by atoms with van der Waals surface area (Å²) in [6.45, 7) is 0. The van der Waals surface area contributed by atoms with Crippen LogP contribution in [-0.2, 0) is 0 Å². The molecule has 4 rings (SSSR count). The summed E-state index contributed by atoms with van der Waals surface area (Å²) in [5.41, 5.74) is 8.89. The summed E-state index contributed by atoms with van der Waals surface area (Å²) in [4.78, 5) is 5.07. The van der Waals surface area contributed by atoms with Gasteiger partial charge in [0.2, 0.25) is 11.8 Å². The van der Waals surface area contributed by atoms with Crippen molar-refractivity contribution in [3.63, 3.8) is 0 Å². The third-order valence-corrected chi connectivity index (χ3v) is 4.63. The first-order chi connectivity index (χ1) is 11.3. The Morgan fingerprint density at radius 1 is 1.30 bits per heavy atom. The van der Waals surface area contributed by atoms with Crippen LogP contribution in [0.1, 0.15) is 17.0 Å². The fourth-order valence-corrected chi connectivity index (χ4v) is 3.48. The third kappa shape index (κ3) is 2.08. The molecule has 1 aliphatic heterocycles. The molecule has 0 aromatic carbocycles. The van der Waals surface area contributed by atoms with Crippen LogP contribution in [0.2, 0.25) is 0 Å². The van der Waals surface area contributed by atoms with E-state index in [0.717, 1.165) is 21.7 Å². The van der Waals surface area contributed by atoms with Crippen molar-refractivity contribution in [3.8, 4) is 22.5 Å². The van der Waals surface area contributed by atoms with Crippen LogP contribution < -0.4 is 10.5 Å². The maximum Gasteiger partial charge on any atom is 0.244 e. The highest BCUT2D eigenvalue weighted by molar-refractivity contribution is 7.13. The molecule has 3 aromatic rings. The quantitative estimate of drug-likeness (QED) is 0.756. The first-order valence-electron chi connectivity index (χ1n) is 6.89. The molecule has 0 aliphatic carbocycles. The van der Waals surface area contributed by atoms with Crippen molar-refractivity contribution < 1.29 is 4.74 Å². The molecule has 1 aliphatic rings. The van der Waals surface area contributed by atoms with Crippen LogP contribution in [0.5, 0.6) is 5.88 Å². The number of hydrogen-bond donors (Lipinski definition) is 2. The normalized spacial score (nSPS) is 16.6. The van der Waals surface area contributed by atoms with E-state index in [2.05, 4.69) is 21.3 Å². The van der Waals surface area contributed by atoms with E-state index in [4.69, 9.17) is 10.5 Å². The van der Waals surface area contributed by atoms with Gasteiger partial charge in [0.25, 0.3) is 0 Å². The number of H-pyrrole nitrogens is 1. The molecule has 3 N–H and O–H groups in total. The minimum absolute atomic E-state index is 0.0889. The van der Waals surface area contributed by atoms with Crippen molar-refractivity contribution in [2.24, 2.45) is 5.73 Å². The summed E-state index contributed by atoms with van der Waals surface area (Å²) in [5.74, 6) is 0.167. The van der Waals surface area contributed by atoms with Crippen molar-refractivity contribution >= 4 is 11.3 Å². The summed E-state index contributed by atoms with van der Waals surface area (Å²) >= 11 is 1.59. The van der Waals surface area contributed by atoms with E-state index in [0.29, 0.717) is 11.5 Å². The average molecular weight is 321 g/mol. The van der Waals surface area contributed by atoms with Crippen LogP contribution in [0.3, 0.4) is 0 Å². The predicted octanol–water partition coefficient (Wildman–Crippen LogP) is 2.75. The van der Waals surface area contributed by atoms with Crippen molar-refractivity contribution in [1.29, 1.82) is 5.26 Å². The van der Waals surface area contributed by atoms with E-state index in [1.54, 1.807) is 23.7 Å². The molecule has 3 aromatic heterocycles. The number of aromatic amines is 1. The molecule has 0 saturated heterocycles. The van der Waals surface area contributed by atoms with Crippen molar-refractivity contribution in [1.82, 2.24) is 15.2 Å². The van der Waals surface area contributed by atoms with Crippen LogP contribution >= 0.6 is 11.3 Å². The number of allylic oxidation sites excluding steroid dienone is 1.